The van der Waals surface area contributed by atoms with Crippen molar-refractivity contribution in [3.05, 3.63) is 200 Å². The summed E-state index contributed by atoms with van der Waals surface area (Å²) >= 11 is 0. The van der Waals surface area contributed by atoms with Crippen LogP contribution in [0.15, 0.2) is 204 Å². The summed E-state index contributed by atoms with van der Waals surface area (Å²) < 4.78 is 159. The SMILES string of the molecule is [2H]c1c([2H])c([2H])c(-c2c([2H])c([2H])c(-c3c([2H])c(-c4nc(-c5ccccc5)nc(-c5cccc(-c6ccc7ccccc7c6)c5)n4)c4oc5c([2H])c([2H])c6c([2H])c([2H])c([2H])c([2H])c6c5c4c3[2H])c([2H])c2[2H])c([2H])c1[2H]. The largest absolute Gasteiger partial charge is 0.455 e. The molecule has 2 aromatic heterocycles. The molecule has 0 atom stereocenters. The van der Waals surface area contributed by atoms with E-state index in [0.717, 1.165) is 21.9 Å². The monoisotopic (exact) mass is 744 g/mol. The van der Waals surface area contributed by atoms with Crippen LogP contribution >= 0.6 is 0 Å². The van der Waals surface area contributed by atoms with Crippen LogP contribution in [0.2, 0.25) is 0 Å². The summed E-state index contributed by atoms with van der Waals surface area (Å²) in [7, 11) is 0. The first-order valence-corrected chi connectivity index (χ1v) is 17.8. The summed E-state index contributed by atoms with van der Waals surface area (Å²) in [5, 5.41) is 0.821. The molecule has 9 aromatic carbocycles. The minimum atomic E-state index is -0.874. The normalized spacial score (nSPS) is 15.7. The highest BCUT2D eigenvalue weighted by molar-refractivity contribution is 6.21. The van der Waals surface area contributed by atoms with E-state index < -0.39 is 131 Å². The third-order valence-electron chi connectivity index (χ3n) is 9.59. The van der Waals surface area contributed by atoms with Crippen molar-refractivity contribution in [3.8, 4) is 67.5 Å². The van der Waals surface area contributed by atoms with Gasteiger partial charge in [0, 0.05) is 21.9 Å². The van der Waals surface area contributed by atoms with Gasteiger partial charge in [0.05, 0.1) is 28.9 Å². The van der Waals surface area contributed by atoms with E-state index in [4.69, 9.17) is 33.1 Å². The van der Waals surface area contributed by atoms with Gasteiger partial charge in [0.1, 0.15) is 11.2 Å². The maximum atomic E-state index is 10.1. The molecule has 0 fully saturated rings. The number of benzene rings is 9. The number of hydrogen-bond acceptors (Lipinski definition) is 4. The average molecular weight is 745 g/mol. The fourth-order valence-electron chi connectivity index (χ4n) is 6.86. The Morgan fingerprint density at radius 1 is 0.386 bits per heavy atom. The van der Waals surface area contributed by atoms with Crippen LogP contribution in [0, 0.1) is 0 Å². The second-order valence-electron chi connectivity index (χ2n) is 13.1. The Morgan fingerprint density at radius 2 is 1.04 bits per heavy atom. The van der Waals surface area contributed by atoms with Gasteiger partial charge < -0.3 is 4.42 Å². The lowest BCUT2D eigenvalue weighted by Gasteiger charge is -2.12. The number of fused-ring (bicyclic) bond motifs is 6. The molecule has 11 rings (SSSR count). The van der Waals surface area contributed by atoms with Crippen molar-refractivity contribution in [3.63, 3.8) is 0 Å². The molecule has 0 amide bonds. The maximum Gasteiger partial charge on any atom is 0.167 e. The predicted molar refractivity (Wildman–Crippen MR) is 235 cm³/mol. The van der Waals surface area contributed by atoms with Crippen LogP contribution in [0.5, 0.6) is 0 Å². The van der Waals surface area contributed by atoms with Crippen molar-refractivity contribution in [1.29, 1.82) is 0 Å². The number of rotatable bonds is 6. The molecule has 57 heavy (non-hydrogen) atoms. The average Bonchev–Trinajstić information content (AvgIpc) is 3.81. The molecule has 266 valence electrons. The predicted octanol–water partition coefficient (Wildman–Crippen LogP) is 14.1. The lowest BCUT2D eigenvalue weighted by atomic mass is 9.95. The third kappa shape index (κ3) is 5.92. The highest BCUT2D eigenvalue weighted by atomic mass is 16.3. The highest BCUT2D eigenvalue weighted by Crippen LogP contribution is 2.42. The lowest BCUT2D eigenvalue weighted by molar-refractivity contribution is 0.670. The van der Waals surface area contributed by atoms with Crippen LogP contribution in [0.3, 0.4) is 0 Å². The minimum absolute atomic E-state index is 0.0954. The number of furan rings is 1. The van der Waals surface area contributed by atoms with Crippen molar-refractivity contribution < 1.29 is 27.7 Å². The van der Waals surface area contributed by atoms with Crippen LogP contribution in [-0.2, 0) is 0 Å². The van der Waals surface area contributed by atoms with Crippen molar-refractivity contribution >= 4 is 43.5 Å². The van der Waals surface area contributed by atoms with Crippen molar-refractivity contribution in [2.24, 2.45) is 0 Å². The third-order valence-corrected chi connectivity index (χ3v) is 9.59. The van der Waals surface area contributed by atoms with Crippen molar-refractivity contribution in [2.45, 2.75) is 0 Å². The fraction of sp³-hybridized carbons (Fsp3) is 0. The summed E-state index contributed by atoms with van der Waals surface area (Å²) in [6.45, 7) is 0. The first-order valence-electron chi connectivity index (χ1n) is 26.3. The van der Waals surface area contributed by atoms with E-state index in [9.17, 15) is 9.60 Å². The van der Waals surface area contributed by atoms with E-state index in [1.807, 2.05) is 60.7 Å². The summed E-state index contributed by atoms with van der Waals surface area (Å²) in [4.78, 5) is 14.7. The van der Waals surface area contributed by atoms with E-state index in [-0.39, 0.29) is 50.2 Å². The molecular weight excluding hydrogens is 695 g/mol. The van der Waals surface area contributed by atoms with Gasteiger partial charge in [-0.3, -0.25) is 0 Å². The second-order valence-corrected chi connectivity index (χ2v) is 13.1. The summed E-state index contributed by atoms with van der Waals surface area (Å²) in [5.74, 6) is -0.0727. The Kier molecular flexibility index (Phi) is 4.70. The molecule has 4 nitrogen and oxygen atoms in total. The van der Waals surface area contributed by atoms with Gasteiger partial charge in [0.25, 0.3) is 0 Å². The molecule has 0 saturated carbocycles. The second kappa shape index (κ2) is 13.6. The van der Waals surface area contributed by atoms with Gasteiger partial charge in [0.15, 0.2) is 17.5 Å². The van der Waals surface area contributed by atoms with E-state index in [1.54, 1.807) is 36.4 Å². The molecule has 2 heterocycles. The van der Waals surface area contributed by atoms with Crippen LogP contribution < -0.4 is 0 Å². The zero-order valence-electron chi connectivity index (χ0n) is 46.5. The lowest BCUT2D eigenvalue weighted by Crippen LogP contribution is -2.00. The minimum Gasteiger partial charge on any atom is -0.455 e. The van der Waals surface area contributed by atoms with E-state index >= 15 is 0 Å². The number of hydrogen-bond donors (Lipinski definition) is 0. The molecule has 0 aliphatic heterocycles. The first kappa shape index (κ1) is 19.8. The summed E-state index contributed by atoms with van der Waals surface area (Å²) in [6.07, 6.45) is 0. The maximum absolute atomic E-state index is 10.1. The molecule has 0 bridgehead atoms. The molecule has 0 saturated heterocycles. The molecule has 0 unspecified atom stereocenters. The highest BCUT2D eigenvalue weighted by Gasteiger charge is 2.21. The zero-order chi connectivity index (χ0) is 52.5. The molecule has 0 radical (unpaired) electrons. The Hall–Kier alpha value is -7.69. The molecule has 4 heteroatoms. The van der Waals surface area contributed by atoms with Crippen LogP contribution in [0.4, 0.5) is 0 Å². The molecular formula is C53H33N3O. The van der Waals surface area contributed by atoms with Crippen molar-refractivity contribution in [1.82, 2.24) is 15.0 Å². The Balaban J connectivity index is 1.28. The summed E-state index contributed by atoms with van der Waals surface area (Å²) in [6, 6.07) is 17.4. The fourth-order valence-corrected chi connectivity index (χ4v) is 6.86. The summed E-state index contributed by atoms with van der Waals surface area (Å²) in [5.41, 5.74) is -0.848. The molecule has 11 aromatic rings. The van der Waals surface area contributed by atoms with Gasteiger partial charge >= 0.3 is 0 Å². The molecule has 0 aliphatic carbocycles. The standard InChI is InChI=1S/C53H33N3O/c1-3-12-34(13-4-1)36-22-24-37(25-23-36)44-32-46-49-45-21-10-9-15-38(45)28-29-48(49)57-50(46)47(33-44)53-55-51(39-16-5-2-6-17-39)54-52(56-53)43-20-11-19-41(31-43)42-27-26-35-14-7-8-18-40(35)30-42/h1-33H/i1D,3D,4D,9D,10D,12D,13D,15D,21D,22D,23D,24D,25D,28D,29D,32D,33D. The molecule has 0 aliphatic rings. The van der Waals surface area contributed by atoms with Crippen LogP contribution in [0.25, 0.3) is 111 Å². The molecule has 0 spiro atoms. The zero-order valence-corrected chi connectivity index (χ0v) is 29.5. The topological polar surface area (TPSA) is 51.8 Å². The van der Waals surface area contributed by atoms with Crippen molar-refractivity contribution in [2.75, 3.05) is 0 Å². The number of aromatic nitrogens is 3. The van der Waals surface area contributed by atoms with Crippen LogP contribution in [0.1, 0.15) is 23.3 Å². The van der Waals surface area contributed by atoms with Crippen LogP contribution in [-0.4, -0.2) is 15.0 Å². The van der Waals surface area contributed by atoms with Gasteiger partial charge in [-0.25, -0.2) is 15.0 Å². The van der Waals surface area contributed by atoms with Gasteiger partial charge in [-0.15, -0.1) is 0 Å². The molecule has 0 N–H and O–H groups in total. The number of nitrogens with zero attached hydrogens (tertiary/aromatic N) is 3. The Bertz CT molecular complexity index is 4240. The van der Waals surface area contributed by atoms with Gasteiger partial charge in [-0.2, -0.15) is 0 Å². The van der Waals surface area contributed by atoms with E-state index in [0.29, 0.717) is 11.1 Å². The quantitative estimate of drug-likeness (QED) is 0.170. The van der Waals surface area contributed by atoms with E-state index in [1.165, 1.54) is 0 Å². The van der Waals surface area contributed by atoms with Gasteiger partial charge in [-0.05, 0) is 85.2 Å². The smallest absolute Gasteiger partial charge is 0.167 e. The van der Waals surface area contributed by atoms with Gasteiger partial charge in [-0.1, -0.05) is 170 Å². The Labute approximate surface area is 353 Å². The first-order chi connectivity index (χ1) is 35.3. The Morgan fingerprint density at radius 3 is 1.88 bits per heavy atom. The van der Waals surface area contributed by atoms with E-state index in [2.05, 4.69) is 0 Å². The van der Waals surface area contributed by atoms with Gasteiger partial charge in [0.2, 0.25) is 0 Å².